The summed E-state index contributed by atoms with van der Waals surface area (Å²) >= 11 is 10.6. The zero-order valence-corrected chi connectivity index (χ0v) is 7.86. The Morgan fingerprint density at radius 1 is 1.15 bits per heavy atom. The fourth-order valence-corrected chi connectivity index (χ4v) is 1.17. The summed E-state index contributed by atoms with van der Waals surface area (Å²) in [5, 5.41) is 9.22. The minimum atomic E-state index is -1.55. The van der Waals surface area contributed by atoms with Crippen LogP contribution in [0.1, 0.15) is 11.7 Å². The van der Waals surface area contributed by atoms with Gasteiger partial charge in [-0.15, -0.1) is 23.2 Å². The lowest BCUT2D eigenvalue weighted by molar-refractivity contribution is 0.182. The van der Waals surface area contributed by atoms with Crippen molar-refractivity contribution in [1.29, 1.82) is 0 Å². The van der Waals surface area contributed by atoms with Crippen molar-refractivity contribution in [2.75, 3.05) is 0 Å². The van der Waals surface area contributed by atoms with Crippen LogP contribution in [0.5, 0.6) is 0 Å². The predicted octanol–water partition coefficient (Wildman–Crippen LogP) is 2.80. The third-order valence-electron chi connectivity index (χ3n) is 1.53. The smallest absolute Gasteiger partial charge is 0.137 e. The number of halogens is 4. The molecule has 5 heteroatoms. The van der Waals surface area contributed by atoms with E-state index >= 15 is 0 Å². The van der Waals surface area contributed by atoms with Crippen LogP contribution in [0.3, 0.4) is 0 Å². The summed E-state index contributed by atoms with van der Waals surface area (Å²) in [6.07, 6.45) is -1.55. The number of hydrogen-bond acceptors (Lipinski definition) is 1. The van der Waals surface area contributed by atoms with Crippen LogP contribution in [0.2, 0.25) is 0 Å². The van der Waals surface area contributed by atoms with Gasteiger partial charge < -0.3 is 5.11 Å². The average Bonchev–Trinajstić information content (AvgIpc) is 2.03. The molecule has 0 aliphatic rings. The van der Waals surface area contributed by atoms with Gasteiger partial charge in [0.15, 0.2) is 0 Å². The van der Waals surface area contributed by atoms with Crippen molar-refractivity contribution in [3.63, 3.8) is 0 Å². The summed E-state index contributed by atoms with van der Waals surface area (Å²) in [7, 11) is 0. The van der Waals surface area contributed by atoms with Gasteiger partial charge in [-0.2, -0.15) is 0 Å². The largest absolute Gasteiger partial charge is 0.385 e. The van der Waals surface area contributed by atoms with Crippen LogP contribution in [-0.2, 0) is 0 Å². The maximum Gasteiger partial charge on any atom is 0.137 e. The summed E-state index contributed by atoms with van der Waals surface area (Å²) < 4.78 is 25.9. The van der Waals surface area contributed by atoms with Crippen LogP contribution in [-0.4, -0.2) is 9.94 Å². The van der Waals surface area contributed by atoms with Crippen LogP contribution in [0.15, 0.2) is 18.2 Å². The molecule has 1 unspecified atom stereocenters. The highest BCUT2D eigenvalue weighted by Gasteiger charge is 2.22. The first-order chi connectivity index (χ1) is 6.04. The van der Waals surface area contributed by atoms with E-state index in [0.717, 1.165) is 12.1 Å². The van der Waals surface area contributed by atoms with Gasteiger partial charge in [-0.1, -0.05) is 6.07 Å². The van der Waals surface area contributed by atoms with Crippen molar-refractivity contribution in [3.8, 4) is 0 Å². The van der Waals surface area contributed by atoms with Crippen molar-refractivity contribution >= 4 is 23.2 Å². The molecule has 1 nitrogen and oxygen atoms in total. The monoisotopic (exact) mass is 226 g/mol. The van der Waals surface area contributed by atoms with Gasteiger partial charge in [-0.05, 0) is 12.1 Å². The van der Waals surface area contributed by atoms with E-state index in [9.17, 15) is 13.9 Å². The van der Waals surface area contributed by atoms with Crippen molar-refractivity contribution in [1.82, 2.24) is 0 Å². The minimum Gasteiger partial charge on any atom is -0.385 e. The van der Waals surface area contributed by atoms with Gasteiger partial charge in [0.05, 0.1) is 5.56 Å². The van der Waals surface area contributed by atoms with Crippen molar-refractivity contribution in [3.05, 3.63) is 35.4 Å². The third kappa shape index (κ3) is 2.30. The van der Waals surface area contributed by atoms with E-state index in [0.29, 0.717) is 0 Å². The first-order valence-corrected chi connectivity index (χ1v) is 4.31. The zero-order chi connectivity index (χ0) is 10.0. The molecule has 0 spiro atoms. The number of aliphatic hydroxyl groups is 1. The lowest BCUT2D eigenvalue weighted by Crippen LogP contribution is -2.10. The summed E-state index contributed by atoms with van der Waals surface area (Å²) in [5.74, 6) is -1.72. The highest BCUT2D eigenvalue weighted by Crippen LogP contribution is 2.27. The van der Waals surface area contributed by atoms with E-state index in [1.54, 1.807) is 0 Å². The summed E-state index contributed by atoms with van der Waals surface area (Å²) in [5.41, 5.74) is -0.502. The number of aliphatic hydroxyl groups excluding tert-OH is 1. The minimum absolute atomic E-state index is 0.502. The highest BCUT2D eigenvalue weighted by atomic mass is 35.5. The molecule has 0 saturated carbocycles. The lowest BCUT2D eigenvalue weighted by atomic mass is 10.1. The molecule has 0 bridgehead atoms. The van der Waals surface area contributed by atoms with Crippen molar-refractivity contribution in [2.24, 2.45) is 0 Å². The molecule has 0 amide bonds. The average molecular weight is 227 g/mol. The fourth-order valence-electron chi connectivity index (χ4n) is 0.919. The molecular formula is C8H6Cl2F2O. The first-order valence-electron chi connectivity index (χ1n) is 3.44. The molecule has 1 aromatic rings. The van der Waals surface area contributed by atoms with Crippen LogP contribution >= 0.6 is 23.2 Å². The van der Waals surface area contributed by atoms with Gasteiger partial charge in [0, 0.05) is 0 Å². The molecule has 1 N–H and O–H groups in total. The van der Waals surface area contributed by atoms with Crippen molar-refractivity contribution in [2.45, 2.75) is 10.9 Å². The Morgan fingerprint density at radius 3 is 2.00 bits per heavy atom. The molecular weight excluding hydrogens is 221 g/mol. The summed E-state index contributed by atoms with van der Waals surface area (Å²) in [4.78, 5) is -1.26. The first kappa shape index (κ1) is 10.7. The molecule has 0 aliphatic heterocycles. The van der Waals surface area contributed by atoms with Crippen LogP contribution in [0.4, 0.5) is 8.78 Å². The van der Waals surface area contributed by atoms with Gasteiger partial charge in [0.25, 0.3) is 0 Å². The molecule has 0 aromatic heterocycles. The van der Waals surface area contributed by atoms with E-state index in [1.165, 1.54) is 6.07 Å². The highest BCUT2D eigenvalue weighted by molar-refractivity contribution is 6.44. The molecule has 0 fully saturated rings. The number of rotatable bonds is 2. The molecule has 0 aliphatic carbocycles. The Hall–Kier alpha value is -0.380. The van der Waals surface area contributed by atoms with E-state index in [-0.39, 0.29) is 0 Å². The maximum absolute atomic E-state index is 12.9. The lowest BCUT2D eigenvalue weighted by Gasteiger charge is -2.12. The van der Waals surface area contributed by atoms with Crippen LogP contribution in [0, 0.1) is 11.6 Å². The molecule has 1 atom stereocenters. The standard InChI is InChI=1S/C8H6Cl2F2O/c9-8(10)7(13)6-4(11)2-1-3-5(6)12/h1-3,7-8,13H. The molecule has 72 valence electrons. The Bertz CT molecular complexity index is 284. The van der Waals surface area contributed by atoms with E-state index in [2.05, 4.69) is 0 Å². The van der Waals surface area contributed by atoms with Gasteiger partial charge in [0.1, 0.15) is 22.6 Å². The van der Waals surface area contributed by atoms with Gasteiger partial charge >= 0.3 is 0 Å². The Balaban J connectivity index is 3.12. The molecule has 0 saturated heterocycles. The Morgan fingerprint density at radius 2 is 1.62 bits per heavy atom. The Kier molecular flexibility index (Phi) is 3.47. The molecule has 1 aromatic carbocycles. The molecule has 13 heavy (non-hydrogen) atoms. The predicted molar refractivity (Wildman–Crippen MR) is 46.8 cm³/mol. The molecule has 1 rings (SSSR count). The maximum atomic E-state index is 12.9. The van der Waals surface area contributed by atoms with E-state index < -0.39 is 28.1 Å². The van der Waals surface area contributed by atoms with Gasteiger partial charge in [-0.3, -0.25) is 0 Å². The number of benzene rings is 1. The second-order valence-corrected chi connectivity index (χ2v) is 3.58. The van der Waals surface area contributed by atoms with Crippen molar-refractivity contribution < 1.29 is 13.9 Å². The fraction of sp³-hybridized carbons (Fsp3) is 0.250. The van der Waals surface area contributed by atoms with Gasteiger partial charge in [0.2, 0.25) is 0 Å². The molecule has 0 radical (unpaired) electrons. The molecule has 0 heterocycles. The second-order valence-electron chi connectivity index (χ2n) is 2.41. The van der Waals surface area contributed by atoms with Gasteiger partial charge in [-0.25, -0.2) is 8.78 Å². The topological polar surface area (TPSA) is 20.2 Å². The zero-order valence-electron chi connectivity index (χ0n) is 6.35. The van der Waals surface area contributed by atoms with Crippen LogP contribution in [0.25, 0.3) is 0 Å². The normalized spacial score (nSPS) is 13.4. The Labute approximate surface area is 83.9 Å². The summed E-state index contributed by atoms with van der Waals surface area (Å²) in [6, 6.07) is 3.24. The quantitative estimate of drug-likeness (QED) is 0.770. The van der Waals surface area contributed by atoms with E-state index in [4.69, 9.17) is 23.2 Å². The number of alkyl halides is 2. The SMILES string of the molecule is OC(c1c(F)cccc1F)C(Cl)Cl. The third-order valence-corrected chi connectivity index (χ3v) is 2.01. The summed E-state index contributed by atoms with van der Waals surface area (Å²) in [6.45, 7) is 0. The van der Waals surface area contributed by atoms with Crippen LogP contribution < -0.4 is 0 Å². The number of hydrogen-bond donors (Lipinski definition) is 1. The van der Waals surface area contributed by atoms with E-state index in [1.807, 2.05) is 0 Å². The second kappa shape index (κ2) is 4.22.